The van der Waals surface area contributed by atoms with Crippen LogP contribution in [0.1, 0.15) is 25.3 Å². The van der Waals surface area contributed by atoms with Crippen LogP contribution in [0.4, 0.5) is 10.5 Å². The minimum atomic E-state index is -0.177. The molecule has 0 spiro atoms. The monoisotopic (exact) mass is 309 g/mol. The van der Waals surface area contributed by atoms with Crippen molar-refractivity contribution < 1.29 is 9.59 Å². The van der Waals surface area contributed by atoms with Gasteiger partial charge in [0.1, 0.15) is 0 Å². The quantitative estimate of drug-likeness (QED) is 0.877. The van der Waals surface area contributed by atoms with E-state index in [-0.39, 0.29) is 11.9 Å². The Morgan fingerprint density at radius 2 is 2.10 bits per heavy atom. The predicted octanol–water partition coefficient (Wildman–Crippen LogP) is 2.46. The minimum absolute atomic E-state index is 0.0789. The van der Waals surface area contributed by atoms with E-state index in [4.69, 9.17) is 11.6 Å². The molecule has 0 heterocycles. The van der Waals surface area contributed by atoms with Crippen LogP contribution in [-0.4, -0.2) is 31.1 Å². The normalized spacial score (nSPS) is 13.7. The maximum Gasteiger partial charge on any atom is 0.315 e. The number of rotatable bonds is 5. The molecule has 2 rings (SSSR count). The number of nitrogens with one attached hydrogen (secondary N) is 2. The van der Waals surface area contributed by atoms with Crippen molar-refractivity contribution >= 4 is 29.2 Å². The van der Waals surface area contributed by atoms with Crippen LogP contribution in [0.25, 0.3) is 0 Å². The van der Waals surface area contributed by atoms with Crippen LogP contribution >= 0.6 is 11.6 Å². The Hall–Kier alpha value is -1.75. The van der Waals surface area contributed by atoms with Gasteiger partial charge in [-0.2, -0.15) is 0 Å². The molecule has 3 amide bonds. The third-order valence-electron chi connectivity index (χ3n) is 3.38. The molecule has 6 heteroatoms. The summed E-state index contributed by atoms with van der Waals surface area (Å²) in [5.74, 6) is -0.0789. The van der Waals surface area contributed by atoms with Gasteiger partial charge in [-0.3, -0.25) is 4.79 Å². The van der Waals surface area contributed by atoms with Crippen LogP contribution in [-0.2, 0) is 4.79 Å². The zero-order valence-electron chi connectivity index (χ0n) is 12.3. The van der Waals surface area contributed by atoms with Gasteiger partial charge in [0.25, 0.3) is 0 Å². The number of carbonyl (C=O) groups is 2. The standard InChI is InChI=1S/C15H20ClN3O2/c1-10-3-4-12(16)9-14(10)19(11(2)20)8-7-17-15(21)18-13-5-6-13/h3-4,9,13H,5-8H2,1-2H3,(H2,17,18,21). The molecule has 0 aromatic heterocycles. The molecule has 21 heavy (non-hydrogen) atoms. The second-order valence-electron chi connectivity index (χ2n) is 5.28. The second kappa shape index (κ2) is 6.80. The zero-order chi connectivity index (χ0) is 15.4. The fourth-order valence-corrected chi connectivity index (χ4v) is 2.23. The fourth-order valence-electron chi connectivity index (χ4n) is 2.07. The minimum Gasteiger partial charge on any atom is -0.336 e. The molecular formula is C15H20ClN3O2. The summed E-state index contributed by atoms with van der Waals surface area (Å²) in [5.41, 5.74) is 1.75. The smallest absolute Gasteiger partial charge is 0.315 e. The van der Waals surface area contributed by atoms with Crippen molar-refractivity contribution in [1.29, 1.82) is 0 Å². The van der Waals surface area contributed by atoms with Gasteiger partial charge in [0.15, 0.2) is 0 Å². The van der Waals surface area contributed by atoms with Crippen molar-refractivity contribution in [3.05, 3.63) is 28.8 Å². The highest BCUT2D eigenvalue weighted by molar-refractivity contribution is 6.31. The van der Waals surface area contributed by atoms with Crippen molar-refractivity contribution in [2.45, 2.75) is 32.7 Å². The third-order valence-corrected chi connectivity index (χ3v) is 3.61. The number of nitrogens with zero attached hydrogens (tertiary/aromatic N) is 1. The van der Waals surface area contributed by atoms with E-state index in [2.05, 4.69) is 10.6 Å². The van der Waals surface area contributed by atoms with Crippen LogP contribution in [0, 0.1) is 6.92 Å². The van der Waals surface area contributed by atoms with E-state index in [1.165, 1.54) is 6.92 Å². The molecule has 0 bridgehead atoms. The predicted molar refractivity (Wildman–Crippen MR) is 83.8 cm³/mol. The van der Waals surface area contributed by atoms with Crippen molar-refractivity contribution in [1.82, 2.24) is 10.6 Å². The lowest BCUT2D eigenvalue weighted by atomic mass is 10.2. The second-order valence-corrected chi connectivity index (χ2v) is 5.71. The molecule has 1 aromatic carbocycles. The first kappa shape index (κ1) is 15.6. The summed E-state index contributed by atoms with van der Waals surface area (Å²) in [5, 5.41) is 6.19. The van der Waals surface area contributed by atoms with Gasteiger partial charge in [-0.05, 0) is 37.5 Å². The van der Waals surface area contributed by atoms with Gasteiger partial charge in [-0.15, -0.1) is 0 Å². The summed E-state index contributed by atoms with van der Waals surface area (Å²) >= 11 is 6.00. The molecule has 0 atom stereocenters. The van der Waals surface area contributed by atoms with E-state index in [1.54, 1.807) is 17.0 Å². The summed E-state index contributed by atoms with van der Waals surface area (Å²) in [6, 6.07) is 5.58. The molecule has 1 aromatic rings. The molecule has 1 saturated carbocycles. The maximum absolute atomic E-state index is 11.8. The van der Waals surface area contributed by atoms with E-state index in [1.807, 2.05) is 13.0 Å². The highest BCUT2D eigenvalue weighted by Gasteiger charge is 2.23. The van der Waals surface area contributed by atoms with E-state index in [0.717, 1.165) is 24.1 Å². The molecule has 2 N–H and O–H groups in total. The lowest BCUT2D eigenvalue weighted by Gasteiger charge is -2.23. The van der Waals surface area contributed by atoms with Crippen molar-refractivity contribution in [2.24, 2.45) is 0 Å². The van der Waals surface area contributed by atoms with Crippen LogP contribution in [0.2, 0.25) is 5.02 Å². The number of benzene rings is 1. The molecule has 0 aliphatic heterocycles. The molecule has 0 saturated heterocycles. The topological polar surface area (TPSA) is 61.4 Å². The largest absolute Gasteiger partial charge is 0.336 e. The Kier molecular flexibility index (Phi) is 5.07. The molecule has 1 aliphatic rings. The lowest BCUT2D eigenvalue weighted by molar-refractivity contribution is -0.116. The Bertz CT molecular complexity index is 544. The number of aryl methyl sites for hydroxylation is 1. The van der Waals surface area contributed by atoms with Gasteiger partial charge in [-0.1, -0.05) is 17.7 Å². The van der Waals surface area contributed by atoms with Crippen molar-refractivity contribution in [2.75, 3.05) is 18.0 Å². The number of amides is 3. The van der Waals surface area contributed by atoms with E-state index < -0.39 is 0 Å². The van der Waals surface area contributed by atoms with Gasteiger partial charge in [0.05, 0.1) is 0 Å². The van der Waals surface area contributed by atoms with Crippen molar-refractivity contribution in [3.8, 4) is 0 Å². The molecule has 114 valence electrons. The third kappa shape index (κ3) is 4.63. The summed E-state index contributed by atoms with van der Waals surface area (Å²) in [6.07, 6.45) is 2.10. The Balaban J connectivity index is 1.93. The van der Waals surface area contributed by atoms with Crippen LogP contribution in [0.3, 0.4) is 0 Å². The number of halogens is 1. The number of urea groups is 1. The van der Waals surface area contributed by atoms with Crippen LogP contribution < -0.4 is 15.5 Å². The lowest BCUT2D eigenvalue weighted by Crippen LogP contribution is -2.42. The Morgan fingerprint density at radius 1 is 1.38 bits per heavy atom. The number of hydrogen-bond donors (Lipinski definition) is 2. The van der Waals surface area contributed by atoms with Crippen LogP contribution in [0.15, 0.2) is 18.2 Å². The Morgan fingerprint density at radius 3 is 2.71 bits per heavy atom. The average molecular weight is 310 g/mol. The summed E-state index contributed by atoms with van der Waals surface area (Å²) in [4.78, 5) is 25.0. The molecule has 1 fully saturated rings. The van der Waals surface area contributed by atoms with Gasteiger partial charge in [0.2, 0.25) is 5.91 Å². The van der Waals surface area contributed by atoms with Gasteiger partial charge < -0.3 is 15.5 Å². The van der Waals surface area contributed by atoms with Gasteiger partial charge in [-0.25, -0.2) is 4.79 Å². The van der Waals surface area contributed by atoms with E-state index in [9.17, 15) is 9.59 Å². The Labute approximate surface area is 129 Å². The zero-order valence-corrected chi connectivity index (χ0v) is 13.0. The first-order valence-corrected chi connectivity index (χ1v) is 7.44. The van der Waals surface area contributed by atoms with E-state index >= 15 is 0 Å². The SMILES string of the molecule is CC(=O)N(CCNC(=O)NC1CC1)c1cc(Cl)ccc1C. The summed E-state index contributed by atoms with van der Waals surface area (Å²) in [6.45, 7) is 4.23. The van der Waals surface area contributed by atoms with Crippen molar-refractivity contribution in [3.63, 3.8) is 0 Å². The molecular weight excluding hydrogens is 290 g/mol. The number of anilines is 1. The highest BCUT2D eigenvalue weighted by atomic mass is 35.5. The fraction of sp³-hybridized carbons (Fsp3) is 0.467. The van der Waals surface area contributed by atoms with E-state index in [0.29, 0.717) is 24.2 Å². The number of hydrogen-bond acceptors (Lipinski definition) is 2. The number of carbonyl (C=O) groups excluding carboxylic acids is 2. The average Bonchev–Trinajstić information content (AvgIpc) is 3.21. The van der Waals surface area contributed by atoms with Crippen LogP contribution in [0.5, 0.6) is 0 Å². The maximum atomic E-state index is 11.8. The first-order valence-electron chi connectivity index (χ1n) is 7.06. The van der Waals surface area contributed by atoms with Gasteiger partial charge in [0, 0.05) is 36.8 Å². The first-order chi connectivity index (χ1) is 9.97. The highest BCUT2D eigenvalue weighted by Crippen LogP contribution is 2.24. The van der Waals surface area contributed by atoms with Gasteiger partial charge >= 0.3 is 6.03 Å². The molecule has 0 unspecified atom stereocenters. The molecule has 1 aliphatic carbocycles. The summed E-state index contributed by atoms with van der Waals surface area (Å²) in [7, 11) is 0. The molecule has 5 nitrogen and oxygen atoms in total. The summed E-state index contributed by atoms with van der Waals surface area (Å²) < 4.78 is 0. The molecule has 0 radical (unpaired) electrons.